The molecule has 0 aromatic heterocycles. The van der Waals surface area contributed by atoms with E-state index in [2.05, 4.69) is 34.5 Å². The molecular weight excluding hydrogens is 379 g/mol. The van der Waals surface area contributed by atoms with E-state index < -0.39 is 11.7 Å². The van der Waals surface area contributed by atoms with Crippen molar-refractivity contribution in [3.8, 4) is 0 Å². The number of halogens is 1. The van der Waals surface area contributed by atoms with Crippen LogP contribution in [0.2, 0.25) is 0 Å². The minimum atomic E-state index is -0.590. The molecule has 1 fully saturated rings. The normalized spacial score (nSPS) is 14.3. The van der Waals surface area contributed by atoms with Gasteiger partial charge in [0.1, 0.15) is 11.6 Å². The summed E-state index contributed by atoms with van der Waals surface area (Å²) in [5.74, 6) is -1.06. The Morgan fingerprint density at radius 2 is 1.63 bits per heavy atom. The van der Waals surface area contributed by atoms with E-state index >= 15 is 0 Å². The van der Waals surface area contributed by atoms with Gasteiger partial charge < -0.3 is 5.32 Å². The monoisotopic (exact) mass is 410 g/mol. The lowest BCUT2D eigenvalue weighted by atomic mass is 10.00. The Morgan fingerprint density at radius 3 is 2.27 bits per heavy atom. The Kier molecular flexibility index (Phi) is 7.75. The minimum absolute atomic E-state index is 0.0108. The van der Waals surface area contributed by atoms with Gasteiger partial charge in [0, 0.05) is 25.4 Å². The minimum Gasteiger partial charge on any atom is -0.352 e. The van der Waals surface area contributed by atoms with Gasteiger partial charge in [0.05, 0.1) is 5.56 Å². The van der Waals surface area contributed by atoms with Gasteiger partial charge in [-0.15, -0.1) is 0 Å². The lowest BCUT2D eigenvalue weighted by Crippen LogP contribution is -2.26. The summed E-state index contributed by atoms with van der Waals surface area (Å²) in [6.07, 6.45) is 3.46. The number of hydrogen-bond acceptors (Lipinski definition) is 3. The van der Waals surface area contributed by atoms with Crippen LogP contribution in [0.15, 0.2) is 42.5 Å². The van der Waals surface area contributed by atoms with Gasteiger partial charge in [-0.2, -0.15) is 0 Å². The summed E-state index contributed by atoms with van der Waals surface area (Å²) in [6, 6.07) is 12.9. The van der Waals surface area contributed by atoms with Crippen LogP contribution in [0, 0.1) is 11.7 Å². The molecule has 1 heterocycles. The number of carbonyl (C=O) groups is 2. The number of carbonyl (C=O) groups excluding carboxylic acids is 2. The van der Waals surface area contributed by atoms with Crippen LogP contribution in [0.5, 0.6) is 0 Å². The second-order valence-corrected chi connectivity index (χ2v) is 8.42. The first-order valence-electron chi connectivity index (χ1n) is 10.8. The molecular formula is C25H31FN2O2. The average molecular weight is 411 g/mol. The van der Waals surface area contributed by atoms with E-state index in [0.29, 0.717) is 18.5 Å². The maximum Gasteiger partial charge on any atom is 0.254 e. The Morgan fingerprint density at radius 1 is 1.00 bits per heavy atom. The Labute approximate surface area is 178 Å². The van der Waals surface area contributed by atoms with E-state index in [0.717, 1.165) is 12.1 Å². The Hall–Kier alpha value is -2.53. The number of benzene rings is 2. The molecule has 1 saturated heterocycles. The largest absolute Gasteiger partial charge is 0.352 e. The predicted octanol–water partition coefficient (Wildman–Crippen LogP) is 4.16. The fourth-order valence-corrected chi connectivity index (χ4v) is 3.68. The molecule has 0 aliphatic carbocycles. The number of ketones is 1. The maximum absolute atomic E-state index is 14.3. The molecule has 0 radical (unpaired) electrons. The Bertz CT molecular complexity index is 871. The van der Waals surface area contributed by atoms with E-state index in [1.165, 1.54) is 43.6 Å². The topological polar surface area (TPSA) is 49.4 Å². The van der Waals surface area contributed by atoms with Gasteiger partial charge in [-0.05, 0) is 61.2 Å². The SMILES string of the molecule is CC(C)C(=O)Cc1ccc(C(=O)NCCc2ccc(CN3CCCC3)cc2)c(F)c1. The van der Waals surface area contributed by atoms with Crippen molar-refractivity contribution < 1.29 is 14.0 Å². The number of Topliss-reactive ketones (excluding diaryl/α,β-unsaturated/α-hetero) is 1. The molecule has 1 aliphatic heterocycles. The van der Waals surface area contributed by atoms with Gasteiger partial charge in [-0.25, -0.2) is 4.39 Å². The fraction of sp³-hybridized carbons (Fsp3) is 0.440. The van der Waals surface area contributed by atoms with Crippen LogP contribution in [0.3, 0.4) is 0 Å². The molecule has 4 nitrogen and oxygen atoms in total. The predicted molar refractivity (Wildman–Crippen MR) is 117 cm³/mol. The highest BCUT2D eigenvalue weighted by molar-refractivity contribution is 5.94. The molecule has 0 bridgehead atoms. The summed E-state index contributed by atoms with van der Waals surface area (Å²) < 4.78 is 14.3. The number of amides is 1. The van der Waals surface area contributed by atoms with E-state index in [9.17, 15) is 14.0 Å². The number of nitrogens with zero attached hydrogens (tertiary/aromatic N) is 1. The van der Waals surface area contributed by atoms with Gasteiger partial charge in [0.2, 0.25) is 0 Å². The van der Waals surface area contributed by atoms with Crippen molar-refractivity contribution in [1.82, 2.24) is 10.2 Å². The lowest BCUT2D eigenvalue weighted by molar-refractivity contribution is -0.121. The summed E-state index contributed by atoms with van der Waals surface area (Å²) in [4.78, 5) is 26.6. The van der Waals surface area contributed by atoms with Crippen LogP contribution in [0.4, 0.5) is 4.39 Å². The van der Waals surface area contributed by atoms with Crippen molar-refractivity contribution in [2.75, 3.05) is 19.6 Å². The molecule has 0 spiro atoms. The van der Waals surface area contributed by atoms with Crippen molar-refractivity contribution >= 4 is 11.7 Å². The quantitative estimate of drug-likeness (QED) is 0.675. The summed E-state index contributed by atoms with van der Waals surface area (Å²) in [7, 11) is 0. The van der Waals surface area contributed by atoms with Crippen LogP contribution in [0.25, 0.3) is 0 Å². The number of rotatable bonds is 9. The number of likely N-dealkylation sites (tertiary alicyclic amines) is 1. The molecule has 5 heteroatoms. The zero-order valence-electron chi connectivity index (χ0n) is 17.9. The number of nitrogens with one attached hydrogen (secondary N) is 1. The van der Waals surface area contributed by atoms with Crippen molar-refractivity contribution in [2.45, 2.75) is 46.1 Å². The highest BCUT2D eigenvalue weighted by Gasteiger charge is 2.15. The summed E-state index contributed by atoms with van der Waals surface area (Å²) in [5, 5.41) is 2.79. The summed E-state index contributed by atoms with van der Waals surface area (Å²) >= 11 is 0. The first-order valence-corrected chi connectivity index (χ1v) is 10.8. The lowest BCUT2D eigenvalue weighted by Gasteiger charge is -2.14. The van der Waals surface area contributed by atoms with E-state index in [1.54, 1.807) is 6.07 Å². The van der Waals surface area contributed by atoms with Crippen LogP contribution in [0.1, 0.15) is 53.7 Å². The van der Waals surface area contributed by atoms with Crippen LogP contribution in [-0.2, 0) is 24.2 Å². The number of hydrogen-bond donors (Lipinski definition) is 1. The molecule has 1 amide bonds. The molecule has 2 aromatic carbocycles. The standard InChI is InChI=1S/C25H31FN2O2/c1-18(2)24(29)16-21-9-10-22(23(26)15-21)25(30)27-12-11-19-5-7-20(8-6-19)17-28-13-3-4-14-28/h5-10,15,18H,3-4,11-14,16-17H2,1-2H3,(H,27,30). The van der Waals surface area contributed by atoms with E-state index in [4.69, 9.17) is 0 Å². The highest BCUT2D eigenvalue weighted by Crippen LogP contribution is 2.15. The highest BCUT2D eigenvalue weighted by atomic mass is 19.1. The average Bonchev–Trinajstić information content (AvgIpc) is 3.22. The Balaban J connectivity index is 1.47. The van der Waals surface area contributed by atoms with Crippen molar-refractivity contribution in [1.29, 1.82) is 0 Å². The van der Waals surface area contributed by atoms with Gasteiger partial charge in [0.25, 0.3) is 5.91 Å². The third kappa shape index (κ3) is 6.23. The van der Waals surface area contributed by atoms with Gasteiger partial charge in [-0.3, -0.25) is 14.5 Å². The third-order valence-electron chi connectivity index (χ3n) is 5.63. The van der Waals surface area contributed by atoms with Gasteiger partial charge in [-0.1, -0.05) is 44.2 Å². The van der Waals surface area contributed by atoms with Gasteiger partial charge in [0.15, 0.2) is 0 Å². The zero-order valence-corrected chi connectivity index (χ0v) is 17.9. The molecule has 3 rings (SSSR count). The van der Waals surface area contributed by atoms with Crippen molar-refractivity contribution in [3.05, 3.63) is 70.5 Å². The maximum atomic E-state index is 14.3. The molecule has 30 heavy (non-hydrogen) atoms. The third-order valence-corrected chi connectivity index (χ3v) is 5.63. The smallest absolute Gasteiger partial charge is 0.254 e. The van der Waals surface area contributed by atoms with E-state index in [-0.39, 0.29) is 23.7 Å². The van der Waals surface area contributed by atoms with Crippen LogP contribution >= 0.6 is 0 Å². The van der Waals surface area contributed by atoms with E-state index in [1.807, 2.05) is 13.8 Å². The van der Waals surface area contributed by atoms with Crippen molar-refractivity contribution in [3.63, 3.8) is 0 Å². The fourth-order valence-electron chi connectivity index (χ4n) is 3.68. The molecule has 1 aliphatic rings. The van der Waals surface area contributed by atoms with Crippen molar-refractivity contribution in [2.24, 2.45) is 5.92 Å². The zero-order chi connectivity index (χ0) is 21.5. The molecule has 0 atom stereocenters. The second-order valence-electron chi connectivity index (χ2n) is 8.42. The molecule has 160 valence electrons. The molecule has 0 unspecified atom stereocenters. The first-order chi connectivity index (χ1) is 14.4. The van der Waals surface area contributed by atoms with Gasteiger partial charge >= 0.3 is 0 Å². The van der Waals surface area contributed by atoms with Crippen LogP contribution in [-0.4, -0.2) is 36.2 Å². The first kappa shape index (κ1) is 22.2. The summed E-state index contributed by atoms with van der Waals surface area (Å²) in [6.45, 7) is 7.44. The summed E-state index contributed by atoms with van der Waals surface area (Å²) in [5.41, 5.74) is 3.06. The molecule has 1 N–H and O–H groups in total. The second kappa shape index (κ2) is 10.5. The molecule has 2 aromatic rings. The van der Waals surface area contributed by atoms with Crippen LogP contribution < -0.4 is 5.32 Å². The molecule has 0 saturated carbocycles.